The smallest absolute Gasteiger partial charge is 0.326 e. The van der Waals surface area contributed by atoms with E-state index in [1.165, 1.54) is 25.1 Å². The maximum absolute atomic E-state index is 11.9. The number of carbonyl (C=O) groups excluding carboxylic acids is 1. The standard InChI is InChI=1S/C11H13F3N2O3S/c1-7-6-8(2-3-9(7)20(15,18)19)16-10(17)4-5-11(12,13)14/h2-3,6H,4-5H2,1H3,(H,16,17)(H2,15,18,19). The van der Waals surface area contributed by atoms with Crippen LogP contribution in [0.3, 0.4) is 0 Å². The zero-order chi connectivity index (χ0) is 15.6. The first-order chi connectivity index (χ1) is 8.99. The second-order valence-corrected chi connectivity index (χ2v) is 5.72. The Morgan fingerprint density at radius 3 is 2.40 bits per heavy atom. The van der Waals surface area contributed by atoms with Crippen LogP contribution in [0.15, 0.2) is 23.1 Å². The topological polar surface area (TPSA) is 89.3 Å². The van der Waals surface area contributed by atoms with Gasteiger partial charge in [-0.05, 0) is 30.7 Å². The molecule has 1 rings (SSSR count). The minimum atomic E-state index is -4.40. The molecule has 112 valence electrons. The molecule has 0 unspecified atom stereocenters. The van der Waals surface area contributed by atoms with Crippen LogP contribution in [0.5, 0.6) is 0 Å². The summed E-state index contributed by atoms with van der Waals surface area (Å²) in [6.07, 6.45) is -6.31. The molecule has 0 fully saturated rings. The second-order valence-electron chi connectivity index (χ2n) is 4.19. The molecule has 1 aromatic rings. The van der Waals surface area contributed by atoms with Crippen LogP contribution in [0.25, 0.3) is 0 Å². The maximum Gasteiger partial charge on any atom is 0.389 e. The summed E-state index contributed by atoms with van der Waals surface area (Å²) in [7, 11) is -3.87. The third kappa shape index (κ3) is 5.17. The lowest BCUT2D eigenvalue weighted by molar-refractivity contribution is -0.142. The van der Waals surface area contributed by atoms with Crippen molar-refractivity contribution in [1.82, 2.24) is 0 Å². The third-order valence-electron chi connectivity index (χ3n) is 2.40. The summed E-state index contributed by atoms with van der Waals surface area (Å²) in [6, 6.07) is 3.77. The van der Waals surface area contributed by atoms with Crippen molar-refractivity contribution in [1.29, 1.82) is 0 Å². The maximum atomic E-state index is 11.9. The number of sulfonamides is 1. The lowest BCUT2D eigenvalue weighted by atomic mass is 10.2. The van der Waals surface area contributed by atoms with Crippen LogP contribution in [-0.4, -0.2) is 20.5 Å². The number of nitrogens with two attached hydrogens (primary N) is 1. The van der Waals surface area contributed by atoms with Crippen molar-refractivity contribution < 1.29 is 26.4 Å². The van der Waals surface area contributed by atoms with E-state index in [1.807, 2.05) is 0 Å². The van der Waals surface area contributed by atoms with Crippen LogP contribution < -0.4 is 10.5 Å². The van der Waals surface area contributed by atoms with E-state index in [0.29, 0.717) is 5.56 Å². The number of hydrogen-bond donors (Lipinski definition) is 2. The molecule has 3 N–H and O–H groups in total. The molecule has 5 nitrogen and oxygen atoms in total. The number of carbonyl (C=O) groups is 1. The molecule has 0 aliphatic rings. The molecule has 1 amide bonds. The predicted octanol–water partition coefficient (Wildman–Crippen LogP) is 1.92. The number of halogens is 3. The van der Waals surface area contributed by atoms with E-state index in [4.69, 9.17) is 5.14 Å². The zero-order valence-corrected chi connectivity index (χ0v) is 11.3. The zero-order valence-electron chi connectivity index (χ0n) is 10.5. The Balaban J connectivity index is 2.76. The molecule has 0 atom stereocenters. The van der Waals surface area contributed by atoms with Crippen molar-refractivity contribution in [2.24, 2.45) is 5.14 Å². The van der Waals surface area contributed by atoms with Gasteiger partial charge in [-0.3, -0.25) is 4.79 Å². The van der Waals surface area contributed by atoms with Crippen LogP contribution in [-0.2, 0) is 14.8 Å². The van der Waals surface area contributed by atoms with Crippen molar-refractivity contribution in [3.63, 3.8) is 0 Å². The van der Waals surface area contributed by atoms with Crippen LogP contribution in [0, 0.1) is 6.92 Å². The Kier molecular flexibility index (Phi) is 4.77. The van der Waals surface area contributed by atoms with E-state index in [-0.39, 0.29) is 10.6 Å². The number of alkyl halides is 3. The highest BCUT2D eigenvalue weighted by Gasteiger charge is 2.27. The van der Waals surface area contributed by atoms with Gasteiger partial charge in [0.15, 0.2) is 0 Å². The quantitative estimate of drug-likeness (QED) is 0.890. The van der Waals surface area contributed by atoms with Gasteiger partial charge in [0.2, 0.25) is 15.9 Å². The number of amides is 1. The third-order valence-corrected chi connectivity index (χ3v) is 3.47. The van der Waals surface area contributed by atoms with Gasteiger partial charge in [-0.25, -0.2) is 13.6 Å². The molecule has 1 aromatic carbocycles. The monoisotopic (exact) mass is 310 g/mol. The van der Waals surface area contributed by atoms with E-state index >= 15 is 0 Å². The Hall–Kier alpha value is -1.61. The summed E-state index contributed by atoms with van der Waals surface area (Å²) in [4.78, 5) is 11.2. The lowest BCUT2D eigenvalue weighted by Crippen LogP contribution is -2.17. The van der Waals surface area contributed by atoms with Gasteiger partial charge in [0, 0.05) is 12.1 Å². The van der Waals surface area contributed by atoms with Crippen molar-refractivity contribution >= 4 is 21.6 Å². The molecule has 0 aromatic heterocycles. The Morgan fingerprint density at radius 1 is 1.35 bits per heavy atom. The largest absolute Gasteiger partial charge is 0.389 e. The summed E-state index contributed by atoms with van der Waals surface area (Å²) >= 11 is 0. The Bertz CT molecular complexity index is 612. The highest BCUT2D eigenvalue weighted by Crippen LogP contribution is 2.22. The summed E-state index contributed by atoms with van der Waals surface area (Å²) in [6.45, 7) is 1.46. The fourth-order valence-corrected chi connectivity index (χ4v) is 2.29. The molecule has 9 heteroatoms. The predicted molar refractivity (Wildman–Crippen MR) is 66.5 cm³/mol. The molecule has 0 bridgehead atoms. The number of primary sulfonamides is 1. The Labute approximate surface area is 114 Å². The fraction of sp³-hybridized carbons (Fsp3) is 0.364. The first-order valence-corrected chi connectivity index (χ1v) is 7.04. The Morgan fingerprint density at radius 2 is 1.95 bits per heavy atom. The normalized spacial score (nSPS) is 12.2. The van der Waals surface area contributed by atoms with Crippen molar-refractivity contribution in [2.75, 3.05) is 5.32 Å². The molecule has 0 radical (unpaired) electrons. The van der Waals surface area contributed by atoms with Gasteiger partial charge in [0.05, 0.1) is 11.3 Å². The number of aryl methyl sites for hydroxylation is 1. The molecule has 0 saturated carbocycles. The summed E-state index contributed by atoms with van der Waals surface area (Å²) < 4.78 is 58.2. The van der Waals surface area contributed by atoms with E-state index in [1.54, 1.807) is 0 Å². The second kappa shape index (κ2) is 5.80. The fourth-order valence-electron chi connectivity index (χ4n) is 1.53. The average molecular weight is 310 g/mol. The van der Waals surface area contributed by atoms with Crippen molar-refractivity contribution in [3.8, 4) is 0 Å². The van der Waals surface area contributed by atoms with Crippen molar-refractivity contribution in [2.45, 2.75) is 30.8 Å². The van der Waals surface area contributed by atoms with Gasteiger partial charge in [-0.1, -0.05) is 0 Å². The van der Waals surface area contributed by atoms with Gasteiger partial charge in [-0.15, -0.1) is 0 Å². The molecular formula is C11H13F3N2O3S. The van der Waals surface area contributed by atoms with Crippen LogP contribution in [0.2, 0.25) is 0 Å². The van der Waals surface area contributed by atoms with E-state index in [9.17, 15) is 26.4 Å². The minimum Gasteiger partial charge on any atom is -0.326 e. The highest BCUT2D eigenvalue weighted by atomic mass is 32.2. The summed E-state index contributed by atoms with van der Waals surface area (Å²) in [5.41, 5.74) is 0.503. The first-order valence-electron chi connectivity index (χ1n) is 5.49. The SMILES string of the molecule is Cc1cc(NC(=O)CCC(F)(F)F)ccc1S(N)(=O)=O. The number of anilines is 1. The number of rotatable bonds is 4. The van der Waals surface area contributed by atoms with Crippen LogP contribution in [0.4, 0.5) is 18.9 Å². The van der Waals surface area contributed by atoms with Gasteiger partial charge >= 0.3 is 6.18 Å². The lowest BCUT2D eigenvalue weighted by Gasteiger charge is -2.09. The van der Waals surface area contributed by atoms with Crippen molar-refractivity contribution in [3.05, 3.63) is 23.8 Å². The number of benzene rings is 1. The summed E-state index contributed by atoms with van der Waals surface area (Å²) in [5, 5.41) is 7.22. The van der Waals surface area contributed by atoms with Crippen LogP contribution >= 0.6 is 0 Å². The molecule has 0 aliphatic heterocycles. The summed E-state index contributed by atoms with van der Waals surface area (Å²) in [5.74, 6) is -0.801. The van der Waals surface area contributed by atoms with Gasteiger partial charge in [-0.2, -0.15) is 13.2 Å². The first kappa shape index (κ1) is 16.4. The van der Waals surface area contributed by atoms with Gasteiger partial charge in [0.1, 0.15) is 0 Å². The molecule has 20 heavy (non-hydrogen) atoms. The molecular weight excluding hydrogens is 297 g/mol. The van der Waals surface area contributed by atoms with Crippen LogP contribution in [0.1, 0.15) is 18.4 Å². The van der Waals surface area contributed by atoms with E-state index in [2.05, 4.69) is 5.32 Å². The van der Waals surface area contributed by atoms with E-state index in [0.717, 1.165) is 0 Å². The van der Waals surface area contributed by atoms with Gasteiger partial charge in [0.25, 0.3) is 0 Å². The molecule has 0 spiro atoms. The molecule has 0 heterocycles. The minimum absolute atomic E-state index is 0.106. The van der Waals surface area contributed by atoms with Gasteiger partial charge < -0.3 is 5.32 Å². The average Bonchev–Trinajstić information content (AvgIpc) is 2.23. The highest BCUT2D eigenvalue weighted by molar-refractivity contribution is 7.89. The number of hydrogen-bond acceptors (Lipinski definition) is 3. The molecule has 0 saturated heterocycles. The number of nitrogens with one attached hydrogen (secondary N) is 1. The molecule has 0 aliphatic carbocycles. The van der Waals surface area contributed by atoms with E-state index < -0.39 is 34.9 Å².